The summed E-state index contributed by atoms with van der Waals surface area (Å²) in [6.45, 7) is 8.80. The van der Waals surface area contributed by atoms with Crippen LogP contribution in [0, 0.1) is 0 Å². The zero-order valence-corrected chi connectivity index (χ0v) is 12.1. The van der Waals surface area contributed by atoms with Crippen molar-refractivity contribution in [3.63, 3.8) is 0 Å². The zero-order valence-electron chi connectivity index (χ0n) is 12.1. The number of benzene rings is 1. The third-order valence-electron chi connectivity index (χ3n) is 2.82. The summed E-state index contributed by atoms with van der Waals surface area (Å²) in [7, 11) is 2.13. The van der Waals surface area contributed by atoms with Gasteiger partial charge in [-0.15, -0.1) is 0 Å². The maximum absolute atomic E-state index is 5.99. The zero-order chi connectivity index (χ0) is 13.6. The van der Waals surface area contributed by atoms with Crippen molar-refractivity contribution in [2.75, 3.05) is 20.2 Å². The molecule has 102 valence electrons. The molecule has 0 saturated heterocycles. The Morgan fingerprint density at radius 1 is 1.22 bits per heavy atom. The predicted octanol–water partition coefficient (Wildman–Crippen LogP) is 2.64. The van der Waals surface area contributed by atoms with Crippen LogP contribution in [0.15, 0.2) is 24.3 Å². The van der Waals surface area contributed by atoms with E-state index in [9.17, 15) is 0 Å². The van der Waals surface area contributed by atoms with Gasteiger partial charge in [-0.1, -0.05) is 12.1 Å². The van der Waals surface area contributed by atoms with Crippen molar-refractivity contribution in [1.29, 1.82) is 0 Å². The fourth-order valence-corrected chi connectivity index (χ4v) is 1.73. The third kappa shape index (κ3) is 6.03. The molecule has 0 spiro atoms. The van der Waals surface area contributed by atoms with Gasteiger partial charge in [0, 0.05) is 12.1 Å². The van der Waals surface area contributed by atoms with E-state index < -0.39 is 0 Å². The minimum atomic E-state index is -0.0902. The molecule has 0 aliphatic rings. The van der Waals surface area contributed by atoms with Gasteiger partial charge in [-0.2, -0.15) is 0 Å². The SMILES string of the molecule is CCOc1ccc(CN(C)CCC(C)(C)N)cc1. The predicted molar refractivity (Wildman–Crippen MR) is 76.8 cm³/mol. The average Bonchev–Trinajstić information content (AvgIpc) is 2.29. The minimum Gasteiger partial charge on any atom is -0.494 e. The van der Waals surface area contributed by atoms with Gasteiger partial charge in [0.1, 0.15) is 5.75 Å². The number of rotatable bonds is 7. The molecular weight excluding hydrogens is 224 g/mol. The second-order valence-corrected chi connectivity index (χ2v) is 5.55. The van der Waals surface area contributed by atoms with Crippen molar-refractivity contribution in [2.45, 2.75) is 39.3 Å². The van der Waals surface area contributed by atoms with E-state index in [0.29, 0.717) is 6.61 Å². The van der Waals surface area contributed by atoms with Gasteiger partial charge in [0.2, 0.25) is 0 Å². The molecule has 0 fully saturated rings. The first kappa shape index (κ1) is 15.0. The Morgan fingerprint density at radius 2 is 1.83 bits per heavy atom. The largest absolute Gasteiger partial charge is 0.494 e. The van der Waals surface area contributed by atoms with E-state index in [1.807, 2.05) is 19.1 Å². The van der Waals surface area contributed by atoms with E-state index in [0.717, 1.165) is 25.3 Å². The lowest BCUT2D eigenvalue weighted by atomic mass is 10.0. The highest BCUT2D eigenvalue weighted by Gasteiger charge is 2.11. The summed E-state index contributed by atoms with van der Waals surface area (Å²) in [4.78, 5) is 2.30. The molecule has 3 nitrogen and oxygen atoms in total. The first-order valence-electron chi connectivity index (χ1n) is 6.60. The standard InChI is InChI=1S/C15H26N2O/c1-5-18-14-8-6-13(7-9-14)12-17(4)11-10-15(2,3)16/h6-9H,5,10-12,16H2,1-4H3. The molecule has 1 aromatic rings. The number of nitrogens with two attached hydrogens (primary N) is 1. The molecule has 0 unspecified atom stereocenters. The van der Waals surface area contributed by atoms with Crippen LogP contribution in [0.25, 0.3) is 0 Å². The van der Waals surface area contributed by atoms with E-state index in [-0.39, 0.29) is 5.54 Å². The van der Waals surface area contributed by atoms with Gasteiger partial charge in [-0.25, -0.2) is 0 Å². The molecule has 0 radical (unpaired) electrons. The van der Waals surface area contributed by atoms with Gasteiger partial charge in [0.05, 0.1) is 6.61 Å². The van der Waals surface area contributed by atoms with Gasteiger partial charge < -0.3 is 15.4 Å². The Labute approximate surface area is 111 Å². The molecule has 0 amide bonds. The molecule has 3 heteroatoms. The lowest BCUT2D eigenvalue weighted by molar-refractivity contribution is 0.288. The maximum atomic E-state index is 5.99. The lowest BCUT2D eigenvalue weighted by Gasteiger charge is -2.23. The molecule has 2 N–H and O–H groups in total. The Kier molecular flexibility index (Phi) is 5.63. The lowest BCUT2D eigenvalue weighted by Crippen LogP contribution is -2.36. The minimum absolute atomic E-state index is 0.0902. The second-order valence-electron chi connectivity index (χ2n) is 5.55. The number of nitrogens with zero attached hydrogens (tertiary/aromatic N) is 1. The average molecular weight is 250 g/mol. The number of hydrogen-bond donors (Lipinski definition) is 1. The summed E-state index contributed by atoms with van der Waals surface area (Å²) in [5.74, 6) is 0.937. The van der Waals surface area contributed by atoms with Crippen LogP contribution in [-0.4, -0.2) is 30.6 Å². The van der Waals surface area contributed by atoms with E-state index in [4.69, 9.17) is 10.5 Å². The fourth-order valence-electron chi connectivity index (χ4n) is 1.73. The first-order valence-corrected chi connectivity index (χ1v) is 6.60. The van der Waals surface area contributed by atoms with E-state index in [1.165, 1.54) is 5.56 Å². The molecule has 0 aliphatic carbocycles. The second kappa shape index (κ2) is 6.76. The van der Waals surface area contributed by atoms with Gasteiger partial charge in [0.25, 0.3) is 0 Å². The maximum Gasteiger partial charge on any atom is 0.119 e. The van der Waals surface area contributed by atoms with E-state index >= 15 is 0 Å². The molecule has 0 aliphatic heterocycles. The highest BCUT2D eigenvalue weighted by molar-refractivity contribution is 5.27. The number of hydrogen-bond acceptors (Lipinski definition) is 3. The summed E-state index contributed by atoms with van der Waals surface area (Å²) in [5.41, 5.74) is 7.20. The monoisotopic (exact) mass is 250 g/mol. The van der Waals surface area contributed by atoms with Gasteiger partial charge >= 0.3 is 0 Å². The summed E-state index contributed by atoms with van der Waals surface area (Å²) in [5, 5.41) is 0. The quantitative estimate of drug-likeness (QED) is 0.808. The topological polar surface area (TPSA) is 38.5 Å². The summed E-state index contributed by atoms with van der Waals surface area (Å²) in [6.07, 6.45) is 1.00. The molecule has 18 heavy (non-hydrogen) atoms. The Hall–Kier alpha value is -1.06. The van der Waals surface area contributed by atoms with Crippen molar-refractivity contribution in [3.8, 4) is 5.75 Å². The van der Waals surface area contributed by atoms with Crippen molar-refractivity contribution in [1.82, 2.24) is 4.90 Å². The fraction of sp³-hybridized carbons (Fsp3) is 0.600. The van der Waals surface area contributed by atoms with Crippen LogP contribution in [0.3, 0.4) is 0 Å². The highest BCUT2D eigenvalue weighted by atomic mass is 16.5. The van der Waals surface area contributed by atoms with Crippen LogP contribution in [-0.2, 0) is 6.54 Å². The van der Waals surface area contributed by atoms with Crippen molar-refractivity contribution < 1.29 is 4.74 Å². The van der Waals surface area contributed by atoms with Gasteiger partial charge in [-0.3, -0.25) is 0 Å². The van der Waals surface area contributed by atoms with Crippen LogP contribution in [0.5, 0.6) is 5.75 Å². The smallest absolute Gasteiger partial charge is 0.119 e. The molecule has 1 aromatic carbocycles. The highest BCUT2D eigenvalue weighted by Crippen LogP contribution is 2.14. The van der Waals surface area contributed by atoms with Crippen LogP contribution in [0.4, 0.5) is 0 Å². The van der Waals surface area contributed by atoms with Crippen LogP contribution in [0.1, 0.15) is 32.8 Å². The molecule has 0 aromatic heterocycles. The summed E-state index contributed by atoms with van der Waals surface area (Å²) < 4.78 is 5.43. The summed E-state index contributed by atoms with van der Waals surface area (Å²) in [6, 6.07) is 8.29. The van der Waals surface area contributed by atoms with Crippen molar-refractivity contribution >= 4 is 0 Å². The summed E-state index contributed by atoms with van der Waals surface area (Å²) >= 11 is 0. The molecule has 0 saturated carbocycles. The van der Waals surface area contributed by atoms with Crippen LogP contribution < -0.4 is 10.5 Å². The van der Waals surface area contributed by atoms with E-state index in [2.05, 4.69) is 37.9 Å². The number of ether oxygens (including phenoxy) is 1. The van der Waals surface area contributed by atoms with Crippen molar-refractivity contribution in [3.05, 3.63) is 29.8 Å². The van der Waals surface area contributed by atoms with Gasteiger partial charge in [0.15, 0.2) is 0 Å². The molecular formula is C15H26N2O. The molecule has 1 rings (SSSR count). The van der Waals surface area contributed by atoms with E-state index in [1.54, 1.807) is 0 Å². The van der Waals surface area contributed by atoms with Crippen molar-refractivity contribution in [2.24, 2.45) is 5.73 Å². The third-order valence-corrected chi connectivity index (χ3v) is 2.82. The molecule has 0 atom stereocenters. The Morgan fingerprint density at radius 3 is 2.33 bits per heavy atom. The van der Waals surface area contributed by atoms with Crippen LogP contribution in [0.2, 0.25) is 0 Å². The first-order chi connectivity index (χ1) is 8.40. The molecule has 0 heterocycles. The molecule has 0 bridgehead atoms. The Balaban J connectivity index is 2.41. The van der Waals surface area contributed by atoms with Gasteiger partial charge in [-0.05, 0) is 58.5 Å². The van der Waals surface area contributed by atoms with Crippen LogP contribution >= 0.6 is 0 Å². The Bertz CT molecular complexity index is 341. The normalized spacial score (nSPS) is 11.9.